The molecule has 0 spiro atoms. The first kappa shape index (κ1) is 17.3. The van der Waals surface area contributed by atoms with Gasteiger partial charge in [-0.1, -0.05) is 30.0 Å². The number of hydrazone groups is 1. The minimum absolute atomic E-state index is 0.653. The summed E-state index contributed by atoms with van der Waals surface area (Å²) in [7, 11) is 9.90. The molecule has 1 rings (SSSR count). The van der Waals surface area contributed by atoms with Crippen LogP contribution in [0.2, 0.25) is 0 Å². The fourth-order valence-electron chi connectivity index (χ4n) is 0.809. The summed E-state index contributed by atoms with van der Waals surface area (Å²) < 4.78 is 0.653. The summed E-state index contributed by atoms with van der Waals surface area (Å²) in [5.41, 5.74) is 4.45. The van der Waals surface area contributed by atoms with Gasteiger partial charge in [-0.25, -0.2) is 0 Å². The van der Waals surface area contributed by atoms with Crippen LogP contribution in [-0.2, 0) is 15.1 Å². The number of hydrogen-bond donors (Lipinski definition) is 1. The van der Waals surface area contributed by atoms with Gasteiger partial charge in [0.05, 0.1) is 11.4 Å². The Morgan fingerprint density at radius 3 is 2.65 bits per heavy atom. The van der Waals surface area contributed by atoms with Crippen molar-refractivity contribution in [1.82, 2.24) is 10.4 Å². The number of pyridine rings is 1. The molecule has 0 aromatic carbocycles. The molecule has 0 bridgehead atoms. The molecule has 0 radical (unpaired) electrons. The van der Waals surface area contributed by atoms with Gasteiger partial charge in [-0.05, 0) is 25.3 Å². The van der Waals surface area contributed by atoms with E-state index in [1.807, 2.05) is 31.4 Å². The number of halogens is 2. The summed E-state index contributed by atoms with van der Waals surface area (Å²) >= 11 is 5.47. The van der Waals surface area contributed by atoms with E-state index in [2.05, 4.69) is 15.5 Å². The first-order valence-corrected chi connectivity index (χ1v) is 14.0. The Bertz CT molecular complexity index is 363. The Kier molecular flexibility index (Phi) is 11.5. The number of thiocarbonyl (C=S) groups is 1. The van der Waals surface area contributed by atoms with Gasteiger partial charge in [-0.2, -0.15) is 5.10 Å². The van der Waals surface area contributed by atoms with Crippen molar-refractivity contribution in [3.63, 3.8) is 0 Å². The van der Waals surface area contributed by atoms with Crippen LogP contribution >= 0.6 is 43.4 Å². The summed E-state index contributed by atoms with van der Waals surface area (Å²) in [5.74, 6) is 0. The predicted molar refractivity (Wildman–Crippen MR) is 77.4 cm³/mol. The van der Waals surface area contributed by atoms with E-state index in [1.165, 1.54) is 11.8 Å². The molecule has 1 N–H and O–H groups in total. The summed E-state index contributed by atoms with van der Waals surface area (Å²) in [6, 6.07) is 5.70. The van der Waals surface area contributed by atoms with E-state index in [0.29, 0.717) is 4.32 Å². The van der Waals surface area contributed by atoms with Crippen LogP contribution in [0.3, 0.4) is 0 Å². The molecular formula is C9H11Cl2N3S2Zn. The molecule has 0 aliphatic rings. The molecule has 0 aliphatic heterocycles. The van der Waals surface area contributed by atoms with Crippen molar-refractivity contribution in [3.8, 4) is 0 Å². The van der Waals surface area contributed by atoms with Crippen molar-refractivity contribution in [1.29, 1.82) is 0 Å². The Labute approximate surface area is 126 Å². The van der Waals surface area contributed by atoms with E-state index in [4.69, 9.17) is 31.6 Å². The second-order valence-corrected chi connectivity index (χ2v) is 8.72. The second kappa shape index (κ2) is 11.4. The fraction of sp³-hybridized carbons (Fsp3) is 0.222. The second-order valence-electron chi connectivity index (χ2n) is 2.62. The molecule has 90 valence electrons. The fourth-order valence-corrected chi connectivity index (χ4v) is 0.992. The molecule has 17 heavy (non-hydrogen) atoms. The van der Waals surface area contributed by atoms with Crippen LogP contribution < -0.4 is 5.43 Å². The Morgan fingerprint density at radius 1 is 1.53 bits per heavy atom. The molecule has 1 heterocycles. The van der Waals surface area contributed by atoms with Crippen molar-refractivity contribution < 1.29 is 15.1 Å². The third-order valence-corrected chi connectivity index (χ3v) is 2.59. The van der Waals surface area contributed by atoms with E-state index in [0.717, 1.165) is 11.4 Å². The molecule has 0 unspecified atom stereocenters. The third-order valence-electron chi connectivity index (χ3n) is 1.54. The van der Waals surface area contributed by atoms with Crippen molar-refractivity contribution >= 4 is 53.4 Å². The van der Waals surface area contributed by atoms with Gasteiger partial charge in [0.1, 0.15) is 0 Å². The molecule has 0 saturated carbocycles. The van der Waals surface area contributed by atoms with E-state index < -0.39 is 15.1 Å². The van der Waals surface area contributed by atoms with Crippen LogP contribution in [0.5, 0.6) is 0 Å². The van der Waals surface area contributed by atoms with Crippen LogP contribution in [0.4, 0.5) is 0 Å². The van der Waals surface area contributed by atoms with Gasteiger partial charge < -0.3 is 0 Å². The van der Waals surface area contributed by atoms with Crippen LogP contribution in [0.1, 0.15) is 12.6 Å². The quantitative estimate of drug-likeness (QED) is 0.379. The minimum atomic E-state index is -0.931. The molecular weight excluding hydrogens is 351 g/mol. The zero-order valence-corrected chi connectivity index (χ0v) is 15.6. The Balaban J connectivity index is 0.000000770. The van der Waals surface area contributed by atoms with Crippen molar-refractivity contribution in [3.05, 3.63) is 30.1 Å². The first-order chi connectivity index (χ1) is 8.15. The van der Waals surface area contributed by atoms with Gasteiger partial charge in [-0.15, -0.1) is 0 Å². The van der Waals surface area contributed by atoms with Crippen molar-refractivity contribution in [2.24, 2.45) is 5.10 Å². The topological polar surface area (TPSA) is 37.3 Å². The molecule has 1 aromatic rings. The maximum absolute atomic E-state index is 4.95. The summed E-state index contributed by atoms with van der Waals surface area (Å²) in [5, 5.41) is 4.11. The first-order valence-electron chi connectivity index (χ1n) is 4.57. The molecule has 1 aromatic heterocycles. The molecule has 0 atom stereocenters. The van der Waals surface area contributed by atoms with E-state index in [-0.39, 0.29) is 0 Å². The van der Waals surface area contributed by atoms with Gasteiger partial charge in [0.25, 0.3) is 0 Å². The number of nitrogens with one attached hydrogen (secondary N) is 1. The molecule has 0 saturated heterocycles. The summed E-state index contributed by atoms with van der Waals surface area (Å²) in [4.78, 5) is 4.16. The van der Waals surface area contributed by atoms with Gasteiger partial charge in [0, 0.05) is 6.20 Å². The monoisotopic (exact) mass is 359 g/mol. The van der Waals surface area contributed by atoms with Crippen LogP contribution in [0.25, 0.3) is 0 Å². The SMILES string of the molecule is CSC(=S)N/N=C(\C)c1ccccn1.[Cl][Zn][Cl]. The van der Waals surface area contributed by atoms with Gasteiger partial charge in [-0.3, -0.25) is 10.4 Å². The zero-order chi connectivity index (χ0) is 13.1. The summed E-state index contributed by atoms with van der Waals surface area (Å²) in [6.07, 6.45) is 3.64. The molecule has 0 amide bonds. The predicted octanol–water partition coefficient (Wildman–Crippen LogP) is 3.42. The average Bonchev–Trinajstić information content (AvgIpc) is 2.37. The van der Waals surface area contributed by atoms with E-state index >= 15 is 0 Å². The van der Waals surface area contributed by atoms with Gasteiger partial charge in [0.2, 0.25) is 0 Å². The zero-order valence-electron chi connectivity index (χ0n) is 9.48. The van der Waals surface area contributed by atoms with Crippen LogP contribution in [0, 0.1) is 0 Å². The van der Waals surface area contributed by atoms with Crippen LogP contribution in [-0.4, -0.2) is 21.3 Å². The maximum atomic E-state index is 4.95. The standard InChI is InChI=1S/C9H11N3S2.2ClH.Zn/c1-7(11-12-9(13)14-2)8-5-3-4-6-10-8;;;/h3-6H,1-2H3,(H,12,13);2*1H;/q;;;+2/p-2/b11-7+;;;. The number of aromatic nitrogens is 1. The molecule has 0 fully saturated rings. The Hall–Kier alpha value is 0.263. The molecule has 0 aliphatic carbocycles. The molecule has 8 heteroatoms. The van der Waals surface area contributed by atoms with Gasteiger partial charge >= 0.3 is 34.5 Å². The van der Waals surface area contributed by atoms with Gasteiger partial charge in [0.15, 0.2) is 4.32 Å². The Morgan fingerprint density at radius 2 is 2.18 bits per heavy atom. The van der Waals surface area contributed by atoms with E-state index in [1.54, 1.807) is 6.20 Å². The normalized spacial score (nSPS) is 9.76. The number of thioether (sulfide) groups is 1. The van der Waals surface area contributed by atoms with Crippen molar-refractivity contribution in [2.45, 2.75) is 6.92 Å². The number of nitrogens with zero attached hydrogens (tertiary/aromatic N) is 2. The third kappa shape index (κ3) is 8.92. The molecule has 3 nitrogen and oxygen atoms in total. The van der Waals surface area contributed by atoms with E-state index in [9.17, 15) is 0 Å². The summed E-state index contributed by atoms with van der Waals surface area (Å²) in [6.45, 7) is 1.89. The number of rotatable bonds is 2. The van der Waals surface area contributed by atoms with Crippen molar-refractivity contribution in [2.75, 3.05) is 6.26 Å². The number of hydrogen-bond acceptors (Lipinski definition) is 4. The van der Waals surface area contributed by atoms with Crippen LogP contribution in [0.15, 0.2) is 29.5 Å². The average molecular weight is 362 g/mol.